The van der Waals surface area contributed by atoms with E-state index in [4.69, 9.17) is 11.6 Å². The Balaban J connectivity index is 2.24. The smallest absolute Gasteiger partial charge is 0.154 e. The second kappa shape index (κ2) is 3.79. The molecule has 2 rings (SSSR count). The van der Waals surface area contributed by atoms with Crippen molar-refractivity contribution >= 4 is 11.6 Å². The molecule has 0 saturated carbocycles. The van der Waals surface area contributed by atoms with Crippen LogP contribution in [0.5, 0.6) is 0 Å². The number of aromatic nitrogens is 3. The van der Waals surface area contributed by atoms with Crippen molar-refractivity contribution < 1.29 is 0 Å². The Morgan fingerprint density at radius 1 is 1.43 bits per heavy atom. The summed E-state index contributed by atoms with van der Waals surface area (Å²) in [5.41, 5.74) is 0.849. The molecule has 0 bridgehead atoms. The van der Waals surface area contributed by atoms with Gasteiger partial charge < -0.3 is 4.90 Å². The van der Waals surface area contributed by atoms with Crippen LogP contribution >= 0.6 is 11.6 Å². The van der Waals surface area contributed by atoms with Crippen molar-refractivity contribution in [2.75, 3.05) is 20.1 Å². The quantitative estimate of drug-likeness (QED) is 0.703. The van der Waals surface area contributed by atoms with E-state index < -0.39 is 0 Å². The van der Waals surface area contributed by atoms with Gasteiger partial charge in [-0.2, -0.15) is 5.10 Å². The van der Waals surface area contributed by atoms with Gasteiger partial charge in [0.1, 0.15) is 11.5 Å². The van der Waals surface area contributed by atoms with Gasteiger partial charge in [-0.25, -0.2) is 4.98 Å². The molecule has 0 aromatic carbocycles. The van der Waals surface area contributed by atoms with Gasteiger partial charge in [-0.15, -0.1) is 5.10 Å². The zero-order chi connectivity index (χ0) is 10.1. The molecular weight excluding hydrogens is 200 g/mol. The predicted octanol–water partition coefficient (Wildman–Crippen LogP) is 1.25. The van der Waals surface area contributed by atoms with Crippen LogP contribution in [0.4, 0.5) is 0 Å². The first-order valence-electron chi connectivity index (χ1n) is 4.72. The van der Waals surface area contributed by atoms with Gasteiger partial charge in [-0.3, -0.25) is 0 Å². The number of nitrogens with zero attached hydrogens (tertiary/aromatic N) is 4. The Morgan fingerprint density at radius 2 is 2.21 bits per heavy atom. The van der Waals surface area contributed by atoms with Gasteiger partial charge in [0.15, 0.2) is 5.15 Å². The monoisotopic (exact) mass is 212 g/mol. The van der Waals surface area contributed by atoms with E-state index >= 15 is 0 Å². The minimum atomic E-state index is 0.396. The number of likely N-dealkylation sites (tertiary alicyclic amines) is 1. The molecule has 14 heavy (non-hydrogen) atoms. The number of hydrogen-bond donors (Lipinski definition) is 0. The van der Waals surface area contributed by atoms with Crippen molar-refractivity contribution in [3.8, 4) is 0 Å². The highest BCUT2D eigenvalue weighted by Crippen LogP contribution is 2.28. The molecule has 2 heterocycles. The summed E-state index contributed by atoms with van der Waals surface area (Å²) in [6.07, 6.45) is 1.09. The van der Waals surface area contributed by atoms with Crippen molar-refractivity contribution in [1.82, 2.24) is 20.1 Å². The molecule has 1 aliphatic rings. The zero-order valence-electron chi connectivity index (χ0n) is 8.37. The minimum Gasteiger partial charge on any atom is -0.306 e. The van der Waals surface area contributed by atoms with E-state index in [1.165, 1.54) is 0 Å². The van der Waals surface area contributed by atoms with Gasteiger partial charge >= 0.3 is 0 Å². The van der Waals surface area contributed by atoms with E-state index in [1.54, 1.807) is 6.92 Å². The van der Waals surface area contributed by atoms with E-state index in [9.17, 15) is 0 Å². The standard InChI is InChI=1S/C9H13ClN4/c1-6-11-9(10)8(13-12-6)7-3-4-14(2)5-7/h7H,3-5H2,1-2H3. The third-order valence-electron chi connectivity index (χ3n) is 2.55. The topological polar surface area (TPSA) is 41.9 Å². The number of aryl methyl sites for hydroxylation is 1. The predicted molar refractivity (Wildman–Crippen MR) is 54.4 cm³/mol. The first kappa shape index (κ1) is 9.80. The van der Waals surface area contributed by atoms with E-state index in [0.717, 1.165) is 25.2 Å². The molecule has 0 N–H and O–H groups in total. The van der Waals surface area contributed by atoms with Crippen LogP contribution in [0, 0.1) is 6.92 Å². The third kappa shape index (κ3) is 1.86. The molecule has 1 unspecified atom stereocenters. The Kier molecular flexibility index (Phi) is 2.65. The summed E-state index contributed by atoms with van der Waals surface area (Å²) in [7, 11) is 2.10. The molecular formula is C9H13ClN4. The Hall–Kier alpha value is -0.740. The van der Waals surface area contributed by atoms with Gasteiger partial charge in [0.05, 0.1) is 0 Å². The lowest BCUT2D eigenvalue weighted by atomic mass is 10.1. The maximum atomic E-state index is 6.03. The molecule has 0 amide bonds. The van der Waals surface area contributed by atoms with Crippen LogP contribution in [-0.4, -0.2) is 40.2 Å². The molecule has 76 valence electrons. The maximum absolute atomic E-state index is 6.03. The van der Waals surface area contributed by atoms with Crippen molar-refractivity contribution in [3.05, 3.63) is 16.7 Å². The van der Waals surface area contributed by atoms with Gasteiger partial charge in [-0.1, -0.05) is 11.6 Å². The lowest BCUT2D eigenvalue weighted by molar-refractivity contribution is 0.410. The van der Waals surface area contributed by atoms with Gasteiger partial charge in [0, 0.05) is 12.5 Å². The van der Waals surface area contributed by atoms with Gasteiger partial charge in [0.2, 0.25) is 0 Å². The van der Waals surface area contributed by atoms with Crippen molar-refractivity contribution in [2.24, 2.45) is 0 Å². The molecule has 1 aliphatic heterocycles. The fraction of sp³-hybridized carbons (Fsp3) is 0.667. The summed E-state index contributed by atoms with van der Waals surface area (Å²) in [5, 5.41) is 8.58. The minimum absolute atomic E-state index is 0.396. The summed E-state index contributed by atoms with van der Waals surface area (Å²) >= 11 is 6.03. The molecule has 0 aliphatic carbocycles. The van der Waals surface area contributed by atoms with Crippen molar-refractivity contribution in [1.29, 1.82) is 0 Å². The molecule has 1 aromatic rings. The highest BCUT2D eigenvalue weighted by atomic mass is 35.5. The summed E-state index contributed by atoms with van der Waals surface area (Å²) in [6.45, 7) is 3.89. The highest BCUT2D eigenvalue weighted by Gasteiger charge is 2.25. The number of likely N-dealkylation sites (N-methyl/N-ethyl adjacent to an activating group) is 1. The maximum Gasteiger partial charge on any atom is 0.154 e. The molecule has 0 spiro atoms. The van der Waals surface area contributed by atoms with E-state index in [1.807, 2.05) is 0 Å². The van der Waals surface area contributed by atoms with E-state index in [0.29, 0.717) is 16.9 Å². The van der Waals surface area contributed by atoms with Gasteiger partial charge in [0.25, 0.3) is 0 Å². The Morgan fingerprint density at radius 3 is 2.79 bits per heavy atom. The van der Waals surface area contributed by atoms with Crippen LogP contribution < -0.4 is 0 Å². The van der Waals surface area contributed by atoms with Crippen LogP contribution in [0.15, 0.2) is 0 Å². The lowest BCUT2D eigenvalue weighted by Crippen LogP contribution is -2.14. The summed E-state index contributed by atoms with van der Waals surface area (Å²) < 4.78 is 0. The number of hydrogen-bond acceptors (Lipinski definition) is 4. The Labute approximate surface area is 88.3 Å². The summed E-state index contributed by atoms with van der Waals surface area (Å²) in [6, 6.07) is 0. The average molecular weight is 213 g/mol. The third-order valence-corrected chi connectivity index (χ3v) is 2.83. The molecule has 0 radical (unpaired) electrons. The fourth-order valence-electron chi connectivity index (χ4n) is 1.80. The zero-order valence-corrected chi connectivity index (χ0v) is 9.12. The van der Waals surface area contributed by atoms with Crippen molar-refractivity contribution in [3.63, 3.8) is 0 Å². The Bertz CT molecular complexity index is 342. The van der Waals surface area contributed by atoms with Crippen LogP contribution in [0.2, 0.25) is 5.15 Å². The first-order chi connectivity index (χ1) is 6.66. The normalized spacial score (nSPS) is 22.9. The molecule has 1 aromatic heterocycles. The molecule has 1 saturated heterocycles. The largest absolute Gasteiger partial charge is 0.306 e. The van der Waals surface area contributed by atoms with E-state index in [2.05, 4.69) is 27.1 Å². The second-order valence-electron chi connectivity index (χ2n) is 3.78. The second-order valence-corrected chi connectivity index (χ2v) is 4.14. The number of rotatable bonds is 1. The summed E-state index contributed by atoms with van der Waals surface area (Å²) in [5.74, 6) is 1.03. The molecule has 4 nitrogen and oxygen atoms in total. The lowest BCUT2D eigenvalue weighted by Gasteiger charge is -2.09. The number of halogens is 1. The van der Waals surface area contributed by atoms with Gasteiger partial charge in [-0.05, 0) is 26.9 Å². The highest BCUT2D eigenvalue weighted by molar-refractivity contribution is 6.30. The van der Waals surface area contributed by atoms with E-state index in [-0.39, 0.29) is 0 Å². The fourth-order valence-corrected chi connectivity index (χ4v) is 2.11. The van der Waals surface area contributed by atoms with Crippen LogP contribution in [0.25, 0.3) is 0 Å². The van der Waals surface area contributed by atoms with Crippen LogP contribution in [-0.2, 0) is 0 Å². The first-order valence-corrected chi connectivity index (χ1v) is 5.10. The molecule has 5 heteroatoms. The van der Waals surface area contributed by atoms with Crippen LogP contribution in [0.1, 0.15) is 23.9 Å². The molecule has 1 atom stereocenters. The molecule has 1 fully saturated rings. The van der Waals surface area contributed by atoms with Crippen molar-refractivity contribution in [2.45, 2.75) is 19.3 Å². The average Bonchev–Trinajstić information content (AvgIpc) is 2.51. The van der Waals surface area contributed by atoms with Crippen LogP contribution in [0.3, 0.4) is 0 Å². The SMILES string of the molecule is Cc1nnc(C2CCN(C)C2)c(Cl)n1. The summed E-state index contributed by atoms with van der Waals surface area (Å²) in [4.78, 5) is 6.38.